The monoisotopic (exact) mass is 466 g/mol. The summed E-state index contributed by atoms with van der Waals surface area (Å²) in [5.41, 5.74) is 2.95. The Morgan fingerprint density at radius 2 is 1.73 bits per heavy atom. The summed E-state index contributed by atoms with van der Waals surface area (Å²) in [4.78, 5) is 27.5. The highest BCUT2D eigenvalue weighted by molar-refractivity contribution is 7.99. The Hall–Kier alpha value is -1.69. The number of halogens is 2. The van der Waals surface area contributed by atoms with Gasteiger partial charge in [0.1, 0.15) is 6.04 Å². The van der Waals surface area contributed by atoms with Gasteiger partial charge in [0.05, 0.1) is 5.75 Å². The van der Waals surface area contributed by atoms with Gasteiger partial charge in [0.2, 0.25) is 11.8 Å². The SMILES string of the molecule is CCNC(=O)C(CC)N(Cc1ccccc1C)C(=O)CSCc1c(Cl)cccc1Cl. The molecule has 7 heteroatoms. The highest BCUT2D eigenvalue weighted by atomic mass is 35.5. The largest absolute Gasteiger partial charge is 0.355 e. The molecule has 2 aromatic rings. The molecule has 0 saturated heterocycles. The molecule has 0 aromatic heterocycles. The molecule has 0 heterocycles. The molecule has 0 saturated carbocycles. The molecule has 0 radical (unpaired) electrons. The lowest BCUT2D eigenvalue weighted by Crippen LogP contribution is -2.49. The Bertz CT molecular complexity index is 856. The lowest BCUT2D eigenvalue weighted by molar-refractivity contribution is -0.139. The zero-order valence-electron chi connectivity index (χ0n) is 17.6. The van der Waals surface area contributed by atoms with E-state index in [1.54, 1.807) is 23.1 Å². The van der Waals surface area contributed by atoms with E-state index in [0.717, 1.165) is 16.7 Å². The van der Waals surface area contributed by atoms with Crippen LogP contribution in [0, 0.1) is 6.92 Å². The Labute approximate surface area is 193 Å². The van der Waals surface area contributed by atoms with Crippen molar-refractivity contribution in [2.45, 2.75) is 45.5 Å². The van der Waals surface area contributed by atoms with E-state index in [1.165, 1.54) is 11.8 Å². The van der Waals surface area contributed by atoms with E-state index >= 15 is 0 Å². The number of amides is 2. The number of carbonyl (C=O) groups is 2. The van der Waals surface area contributed by atoms with Crippen LogP contribution in [-0.2, 0) is 21.9 Å². The first-order valence-corrected chi connectivity index (χ1v) is 11.9. The van der Waals surface area contributed by atoms with Crippen molar-refractivity contribution in [3.8, 4) is 0 Å². The summed E-state index contributed by atoms with van der Waals surface area (Å²) < 4.78 is 0. The van der Waals surface area contributed by atoms with Gasteiger partial charge in [-0.2, -0.15) is 0 Å². The predicted octanol–water partition coefficient (Wildman–Crippen LogP) is 5.48. The summed E-state index contributed by atoms with van der Waals surface area (Å²) >= 11 is 13.9. The van der Waals surface area contributed by atoms with Crippen LogP contribution in [0.2, 0.25) is 10.0 Å². The highest BCUT2D eigenvalue weighted by Crippen LogP contribution is 2.28. The van der Waals surface area contributed by atoms with Crippen LogP contribution in [0.3, 0.4) is 0 Å². The van der Waals surface area contributed by atoms with Crippen LogP contribution in [-0.4, -0.2) is 35.1 Å². The Kier molecular flexibility index (Phi) is 10.0. The number of hydrogen-bond acceptors (Lipinski definition) is 3. The zero-order valence-corrected chi connectivity index (χ0v) is 19.9. The van der Waals surface area contributed by atoms with Crippen molar-refractivity contribution in [3.05, 3.63) is 69.2 Å². The topological polar surface area (TPSA) is 49.4 Å². The van der Waals surface area contributed by atoms with Crippen molar-refractivity contribution in [1.82, 2.24) is 10.2 Å². The molecule has 1 atom stereocenters. The van der Waals surface area contributed by atoms with E-state index in [1.807, 2.05) is 45.0 Å². The van der Waals surface area contributed by atoms with E-state index in [2.05, 4.69) is 5.32 Å². The van der Waals surface area contributed by atoms with Gasteiger partial charge >= 0.3 is 0 Å². The maximum absolute atomic E-state index is 13.2. The summed E-state index contributed by atoms with van der Waals surface area (Å²) in [5, 5.41) is 4.04. The fourth-order valence-electron chi connectivity index (χ4n) is 3.18. The molecule has 162 valence electrons. The minimum absolute atomic E-state index is 0.0791. The number of rotatable bonds is 10. The number of likely N-dealkylation sites (N-methyl/N-ethyl adjacent to an activating group) is 1. The third kappa shape index (κ3) is 6.66. The molecule has 0 fully saturated rings. The van der Waals surface area contributed by atoms with E-state index in [-0.39, 0.29) is 17.6 Å². The smallest absolute Gasteiger partial charge is 0.242 e. The average molecular weight is 467 g/mol. The second-order valence-electron chi connectivity index (χ2n) is 6.96. The second kappa shape index (κ2) is 12.2. The minimum Gasteiger partial charge on any atom is -0.355 e. The van der Waals surface area contributed by atoms with Crippen molar-refractivity contribution in [1.29, 1.82) is 0 Å². The standard InChI is InChI=1S/C23H28Cl2N2O2S/c1-4-21(23(29)26-5-2)27(13-17-10-7-6-9-16(17)3)22(28)15-30-14-18-19(24)11-8-12-20(18)25/h6-12,21H,4-5,13-15H2,1-3H3,(H,26,29). The predicted molar refractivity (Wildman–Crippen MR) is 127 cm³/mol. The summed E-state index contributed by atoms with van der Waals surface area (Å²) in [7, 11) is 0. The normalized spacial score (nSPS) is 11.8. The molecule has 0 spiro atoms. The van der Waals surface area contributed by atoms with Gasteiger partial charge in [-0.05, 0) is 49.1 Å². The highest BCUT2D eigenvalue weighted by Gasteiger charge is 2.28. The molecular formula is C23H28Cl2N2O2S. The average Bonchev–Trinajstić information content (AvgIpc) is 2.71. The van der Waals surface area contributed by atoms with Crippen molar-refractivity contribution in [3.63, 3.8) is 0 Å². The molecular weight excluding hydrogens is 439 g/mol. The third-order valence-corrected chi connectivity index (χ3v) is 6.52. The van der Waals surface area contributed by atoms with Crippen molar-refractivity contribution in [2.75, 3.05) is 12.3 Å². The first-order chi connectivity index (χ1) is 14.4. The molecule has 1 unspecified atom stereocenters. The first kappa shape index (κ1) is 24.6. The fourth-order valence-corrected chi connectivity index (χ4v) is 4.82. The van der Waals surface area contributed by atoms with E-state index in [0.29, 0.717) is 35.3 Å². The van der Waals surface area contributed by atoms with Crippen LogP contribution in [0.25, 0.3) is 0 Å². The van der Waals surface area contributed by atoms with Crippen LogP contribution in [0.15, 0.2) is 42.5 Å². The summed E-state index contributed by atoms with van der Waals surface area (Å²) in [6.07, 6.45) is 0.546. The number of thioether (sulfide) groups is 1. The minimum atomic E-state index is -0.512. The number of benzene rings is 2. The molecule has 0 bridgehead atoms. The van der Waals surface area contributed by atoms with Gasteiger partial charge in [0, 0.05) is 28.9 Å². The summed E-state index contributed by atoms with van der Waals surface area (Å²) in [6.45, 7) is 6.74. The zero-order chi connectivity index (χ0) is 22.1. The van der Waals surface area contributed by atoms with Crippen LogP contribution in [0.5, 0.6) is 0 Å². The number of nitrogens with zero attached hydrogens (tertiary/aromatic N) is 1. The number of hydrogen-bond donors (Lipinski definition) is 1. The molecule has 2 aromatic carbocycles. The van der Waals surface area contributed by atoms with Gasteiger partial charge in [-0.25, -0.2) is 0 Å². The summed E-state index contributed by atoms with van der Waals surface area (Å²) in [6, 6.07) is 12.8. The maximum atomic E-state index is 13.2. The van der Waals surface area contributed by atoms with Gasteiger partial charge in [-0.1, -0.05) is 60.5 Å². The second-order valence-corrected chi connectivity index (χ2v) is 8.76. The van der Waals surface area contributed by atoms with E-state index in [4.69, 9.17) is 23.2 Å². The van der Waals surface area contributed by atoms with Gasteiger partial charge in [-0.15, -0.1) is 11.8 Å². The van der Waals surface area contributed by atoms with Crippen LogP contribution in [0.4, 0.5) is 0 Å². The fraction of sp³-hybridized carbons (Fsp3) is 0.391. The molecule has 2 rings (SSSR count). The molecule has 0 aliphatic heterocycles. The van der Waals surface area contributed by atoms with Crippen molar-refractivity contribution >= 4 is 46.8 Å². The van der Waals surface area contributed by atoms with E-state index in [9.17, 15) is 9.59 Å². The summed E-state index contributed by atoms with van der Waals surface area (Å²) in [5.74, 6) is 0.564. The third-order valence-electron chi connectivity index (χ3n) is 4.87. The van der Waals surface area contributed by atoms with Gasteiger partial charge < -0.3 is 10.2 Å². The molecule has 4 nitrogen and oxygen atoms in total. The van der Waals surface area contributed by atoms with Gasteiger partial charge in [0.15, 0.2) is 0 Å². The Morgan fingerprint density at radius 1 is 1.07 bits per heavy atom. The molecule has 0 aliphatic rings. The van der Waals surface area contributed by atoms with Gasteiger partial charge in [-0.3, -0.25) is 9.59 Å². The number of nitrogens with one attached hydrogen (secondary N) is 1. The van der Waals surface area contributed by atoms with Gasteiger partial charge in [0.25, 0.3) is 0 Å². The Morgan fingerprint density at radius 3 is 2.33 bits per heavy atom. The lowest BCUT2D eigenvalue weighted by Gasteiger charge is -2.31. The molecule has 2 amide bonds. The maximum Gasteiger partial charge on any atom is 0.242 e. The van der Waals surface area contributed by atoms with Crippen molar-refractivity contribution in [2.24, 2.45) is 0 Å². The molecule has 30 heavy (non-hydrogen) atoms. The van der Waals surface area contributed by atoms with E-state index < -0.39 is 6.04 Å². The number of aryl methyl sites for hydroxylation is 1. The first-order valence-electron chi connectivity index (χ1n) is 10.0. The lowest BCUT2D eigenvalue weighted by atomic mass is 10.1. The number of carbonyl (C=O) groups excluding carboxylic acids is 2. The Balaban J connectivity index is 2.16. The van der Waals surface area contributed by atoms with Crippen LogP contribution >= 0.6 is 35.0 Å². The van der Waals surface area contributed by atoms with Crippen LogP contribution < -0.4 is 5.32 Å². The quantitative estimate of drug-likeness (QED) is 0.504. The van der Waals surface area contributed by atoms with Crippen molar-refractivity contribution < 1.29 is 9.59 Å². The molecule has 0 aliphatic carbocycles. The van der Waals surface area contributed by atoms with Crippen LogP contribution in [0.1, 0.15) is 37.0 Å². The molecule has 1 N–H and O–H groups in total.